The number of pyridine rings is 1. The number of aromatic nitrogens is 1. The minimum Gasteiger partial charge on any atom is -0.383 e. The fourth-order valence-corrected chi connectivity index (χ4v) is 2.27. The summed E-state index contributed by atoms with van der Waals surface area (Å²) >= 11 is 3.43. The highest BCUT2D eigenvalue weighted by atomic mass is 79.9. The van der Waals surface area contributed by atoms with E-state index in [9.17, 15) is 0 Å². The fraction of sp³-hybridized carbons (Fsp3) is 0.500. The quantitative estimate of drug-likeness (QED) is 0.806. The molecule has 0 bridgehead atoms. The first kappa shape index (κ1) is 9.93. The van der Waals surface area contributed by atoms with Crippen LogP contribution in [0.3, 0.4) is 0 Å². The van der Waals surface area contributed by atoms with Gasteiger partial charge in [0, 0.05) is 10.7 Å². The van der Waals surface area contributed by atoms with Gasteiger partial charge in [-0.25, -0.2) is 4.98 Å². The highest BCUT2D eigenvalue weighted by Gasteiger charge is 2.18. The molecule has 1 fully saturated rings. The SMILES string of the molecule is Nc1ncc(Br)cc1C1CCNCC1. The van der Waals surface area contributed by atoms with Crippen molar-refractivity contribution in [1.29, 1.82) is 0 Å². The van der Waals surface area contributed by atoms with Crippen molar-refractivity contribution in [2.75, 3.05) is 18.8 Å². The van der Waals surface area contributed by atoms with E-state index < -0.39 is 0 Å². The maximum absolute atomic E-state index is 5.87. The Balaban J connectivity index is 2.24. The molecule has 1 aliphatic rings. The maximum Gasteiger partial charge on any atom is 0.126 e. The second-order valence-electron chi connectivity index (χ2n) is 3.65. The van der Waals surface area contributed by atoms with Crippen LogP contribution in [0.2, 0.25) is 0 Å². The molecule has 2 heterocycles. The zero-order valence-electron chi connectivity index (χ0n) is 7.96. The first-order valence-corrected chi connectivity index (χ1v) is 5.68. The summed E-state index contributed by atoms with van der Waals surface area (Å²) in [6, 6.07) is 2.10. The Bertz CT molecular complexity index is 321. The van der Waals surface area contributed by atoms with Crippen molar-refractivity contribution in [1.82, 2.24) is 10.3 Å². The minimum absolute atomic E-state index is 0.571. The molecule has 0 atom stereocenters. The number of hydrogen-bond donors (Lipinski definition) is 2. The molecule has 3 nitrogen and oxygen atoms in total. The van der Waals surface area contributed by atoms with Gasteiger partial charge in [-0.3, -0.25) is 0 Å². The molecule has 1 saturated heterocycles. The number of hydrogen-bond acceptors (Lipinski definition) is 3. The van der Waals surface area contributed by atoms with Crippen LogP contribution in [0.5, 0.6) is 0 Å². The fourth-order valence-electron chi connectivity index (χ4n) is 1.93. The largest absolute Gasteiger partial charge is 0.383 e. The van der Waals surface area contributed by atoms with Gasteiger partial charge in [-0.1, -0.05) is 0 Å². The number of nitrogens with one attached hydrogen (secondary N) is 1. The predicted octanol–water partition coefficient (Wildman–Crippen LogP) is 1.89. The lowest BCUT2D eigenvalue weighted by atomic mass is 9.91. The van der Waals surface area contributed by atoms with Gasteiger partial charge in [-0.2, -0.15) is 0 Å². The van der Waals surface area contributed by atoms with E-state index in [-0.39, 0.29) is 0 Å². The first-order chi connectivity index (χ1) is 6.77. The van der Waals surface area contributed by atoms with E-state index in [1.807, 2.05) is 0 Å². The molecule has 1 aromatic heterocycles. The number of piperidine rings is 1. The Morgan fingerprint density at radius 2 is 2.14 bits per heavy atom. The van der Waals surface area contributed by atoms with Crippen LogP contribution in [0, 0.1) is 0 Å². The van der Waals surface area contributed by atoms with Crippen LogP contribution < -0.4 is 11.1 Å². The molecule has 0 saturated carbocycles. The third kappa shape index (κ3) is 2.07. The summed E-state index contributed by atoms with van der Waals surface area (Å²) < 4.78 is 1.01. The zero-order valence-corrected chi connectivity index (χ0v) is 9.55. The Labute approximate surface area is 92.2 Å². The molecule has 0 unspecified atom stereocenters. The van der Waals surface area contributed by atoms with E-state index in [2.05, 4.69) is 32.3 Å². The number of nitrogens with two attached hydrogens (primary N) is 1. The highest BCUT2D eigenvalue weighted by molar-refractivity contribution is 9.10. The number of rotatable bonds is 1. The van der Waals surface area contributed by atoms with Gasteiger partial charge in [-0.15, -0.1) is 0 Å². The van der Waals surface area contributed by atoms with Crippen molar-refractivity contribution in [2.24, 2.45) is 0 Å². The Morgan fingerprint density at radius 1 is 1.43 bits per heavy atom. The van der Waals surface area contributed by atoms with Gasteiger partial charge in [0.2, 0.25) is 0 Å². The summed E-state index contributed by atoms with van der Waals surface area (Å²) in [5, 5.41) is 3.35. The molecule has 1 aliphatic heterocycles. The lowest BCUT2D eigenvalue weighted by Crippen LogP contribution is -2.27. The molecule has 4 heteroatoms. The van der Waals surface area contributed by atoms with Gasteiger partial charge in [0.05, 0.1) is 0 Å². The normalized spacial score (nSPS) is 18.4. The number of nitrogens with zero attached hydrogens (tertiary/aromatic N) is 1. The van der Waals surface area contributed by atoms with Crippen LogP contribution in [-0.4, -0.2) is 18.1 Å². The smallest absolute Gasteiger partial charge is 0.126 e. The molecule has 0 aromatic carbocycles. The van der Waals surface area contributed by atoms with E-state index in [1.54, 1.807) is 6.20 Å². The van der Waals surface area contributed by atoms with Gasteiger partial charge >= 0.3 is 0 Å². The van der Waals surface area contributed by atoms with Gasteiger partial charge < -0.3 is 11.1 Å². The Morgan fingerprint density at radius 3 is 2.86 bits per heavy atom. The molecular weight excluding hydrogens is 242 g/mol. The van der Waals surface area contributed by atoms with Crippen LogP contribution in [-0.2, 0) is 0 Å². The van der Waals surface area contributed by atoms with E-state index >= 15 is 0 Å². The minimum atomic E-state index is 0.571. The van der Waals surface area contributed by atoms with E-state index in [1.165, 1.54) is 5.56 Å². The second-order valence-corrected chi connectivity index (χ2v) is 4.57. The third-order valence-electron chi connectivity index (χ3n) is 2.70. The van der Waals surface area contributed by atoms with Crippen LogP contribution in [0.4, 0.5) is 5.82 Å². The summed E-state index contributed by atoms with van der Waals surface area (Å²) in [6.45, 7) is 2.16. The number of anilines is 1. The standard InChI is InChI=1S/C10H14BrN3/c11-8-5-9(10(12)14-6-8)7-1-3-13-4-2-7/h5-7,13H,1-4H2,(H2,12,14). The maximum atomic E-state index is 5.87. The van der Waals surface area contributed by atoms with Crippen molar-refractivity contribution in [2.45, 2.75) is 18.8 Å². The molecule has 0 aliphatic carbocycles. The summed E-state index contributed by atoms with van der Waals surface area (Å²) in [5.41, 5.74) is 7.06. The van der Waals surface area contributed by atoms with Gasteiger partial charge in [-0.05, 0) is 59.4 Å². The van der Waals surface area contributed by atoms with E-state index in [0.717, 1.165) is 30.4 Å². The first-order valence-electron chi connectivity index (χ1n) is 4.89. The van der Waals surface area contributed by atoms with Crippen LogP contribution in [0.15, 0.2) is 16.7 Å². The van der Waals surface area contributed by atoms with Gasteiger partial charge in [0.25, 0.3) is 0 Å². The van der Waals surface area contributed by atoms with Crippen molar-refractivity contribution in [3.8, 4) is 0 Å². The number of nitrogen functional groups attached to an aromatic ring is 1. The summed E-state index contributed by atoms with van der Waals surface area (Å²) in [7, 11) is 0. The van der Waals surface area contributed by atoms with Crippen LogP contribution in [0.1, 0.15) is 24.3 Å². The molecule has 0 amide bonds. The summed E-state index contributed by atoms with van der Waals surface area (Å²) in [6.07, 6.45) is 4.06. The van der Waals surface area contributed by atoms with Crippen molar-refractivity contribution in [3.63, 3.8) is 0 Å². The molecule has 76 valence electrons. The van der Waals surface area contributed by atoms with Crippen LogP contribution in [0.25, 0.3) is 0 Å². The third-order valence-corrected chi connectivity index (χ3v) is 3.13. The van der Waals surface area contributed by atoms with Crippen molar-refractivity contribution < 1.29 is 0 Å². The van der Waals surface area contributed by atoms with Gasteiger partial charge in [0.1, 0.15) is 5.82 Å². The lowest BCUT2D eigenvalue weighted by molar-refractivity contribution is 0.460. The average Bonchev–Trinajstić information content (AvgIpc) is 2.23. The Hall–Kier alpha value is -0.610. The number of halogens is 1. The molecule has 0 spiro atoms. The molecule has 3 N–H and O–H groups in total. The second kappa shape index (κ2) is 4.28. The highest BCUT2D eigenvalue weighted by Crippen LogP contribution is 2.30. The van der Waals surface area contributed by atoms with E-state index in [0.29, 0.717) is 11.7 Å². The monoisotopic (exact) mass is 255 g/mol. The molecule has 0 radical (unpaired) electrons. The van der Waals surface area contributed by atoms with E-state index in [4.69, 9.17) is 5.73 Å². The average molecular weight is 256 g/mol. The molecule has 1 aromatic rings. The van der Waals surface area contributed by atoms with Crippen molar-refractivity contribution in [3.05, 3.63) is 22.3 Å². The topological polar surface area (TPSA) is 50.9 Å². The summed E-state index contributed by atoms with van der Waals surface area (Å²) in [5.74, 6) is 1.25. The van der Waals surface area contributed by atoms with Crippen LogP contribution >= 0.6 is 15.9 Å². The van der Waals surface area contributed by atoms with Crippen molar-refractivity contribution >= 4 is 21.7 Å². The molecular formula is C10H14BrN3. The zero-order chi connectivity index (χ0) is 9.97. The molecule has 2 rings (SSSR count). The Kier molecular flexibility index (Phi) is 3.03. The van der Waals surface area contributed by atoms with Gasteiger partial charge in [0.15, 0.2) is 0 Å². The predicted molar refractivity (Wildman–Crippen MR) is 61.2 cm³/mol. The lowest BCUT2D eigenvalue weighted by Gasteiger charge is -2.23. The summed E-state index contributed by atoms with van der Waals surface area (Å²) in [4.78, 5) is 4.16. The molecule has 14 heavy (non-hydrogen) atoms.